The number of hydrogen-bond donors (Lipinski definition) is 3. The zero-order valence-corrected chi connectivity index (χ0v) is 20.2. The van der Waals surface area contributed by atoms with Gasteiger partial charge >= 0.3 is 0 Å². The summed E-state index contributed by atoms with van der Waals surface area (Å²) < 4.78 is 16.4. The summed E-state index contributed by atoms with van der Waals surface area (Å²) in [5.74, 6) is 0.731. The second kappa shape index (κ2) is 15.3. The van der Waals surface area contributed by atoms with Gasteiger partial charge in [-0.3, -0.25) is 9.59 Å². The molecule has 0 bridgehead atoms. The van der Waals surface area contributed by atoms with Crippen molar-refractivity contribution in [2.75, 3.05) is 39.5 Å². The van der Waals surface area contributed by atoms with Crippen molar-refractivity contribution < 1.29 is 23.8 Å². The number of likely N-dealkylation sites (N-methyl/N-ethyl adjacent to an activating group) is 1. The van der Waals surface area contributed by atoms with Crippen molar-refractivity contribution in [3.05, 3.63) is 65.7 Å². The summed E-state index contributed by atoms with van der Waals surface area (Å²) in [6, 6.07) is 15.9. The molecule has 2 amide bonds. The molecule has 0 saturated heterocycles. The summed E-state index contributed by atoms with van der Waals surface area (Å²) in [7, 11) is 3.33. The van der Waals surface area contributed by atoms with Crippen molar-refractivity contribution >= 4 is 23.6 Å². The molecule has 3 N–H and O–H groups in total. The van der Waals surface area contributed by atoms with Crippen LogP contribution in [0.4, 0.5) is 0 Å². The monoisotopic (exact) mass is 475 g/mol. The molecule has 2 unspecified atom stereocenters. The van der Waals surface area contributed by atoms with Gasteiger partial charge in [0.25, 0.3) is 0 Å². The molecule has 180 valence electrons. The number of ether oxygens (including phenoxy) is 3. The first-order chi connectivity index (χ1) is 16.1. The summed E-state index contributed by atoms with van der Waals surface area (Å²) in [6.07, 6.45) is 1.92. The van der Waals surface area contributed by atoms with Crippen LogP contribution in [0.1, 0.15) is 11.1 Å². The molecule has 0 saturated carbocycles. The second-order valence-corrected chi connectivity index (χ2v) is 8.15. The van der Waals surface area contributed by atoms with Crippen LogP contribution in [-0.2, 0) is 32.3 Å². The number of nitrogens with one attached hydrogen (secondary N) is 3. The van der Waals surface area contributed by atoms with Crippen molar-refractivity contribution in [1.29, 1.82) is 0 Å². The molecule has 0 spiro atoms. The molecule has 2 atom stereocenters. The lowest BCUT2D eigenvalue weighted by Crippen LogP contribution is -2.54. The molecular formula is C24H33N3O5S. The Bertz CT molecular complexity index is 836. The fourth-order valence-corrected chi connectivity index (χ4v) is 3.57. The standard InChI is InChI=1S/C24H33N3O5S/c1-25-22(16-33-3)24(29)27-21(15-31-13-18-7-5-4-6-8-18)23(28)26-17-32-14-19-9-11-20(30-2)12-10-19/h4-12,21-22,25H,13-17H2,1-3H3,(H,26,28)(H,27,29). The minimum atomic E-state index is -0.844. The number of thioether (sulfide) groups is 1. The molecule has 0 aromatic heterocycles. The van der Waals surface area contributed by atoms with Crippen LogP contribution in [-0.4, -0.2) is 63.4 Å². The maximum Gasteiger partial charge on any atom is 0.246 e. The third kappa shape index (κ3) is 9.83. The van der Waals surface area contributed by atoms with Gasteiger partial charge in [-0.1, -0.05) is 42.5 Å². The van der Waals surface area contributed by atoms with E-state index >= 15 is 0 Å². The summed E-state index contributed by atoms with van der Waals surface area (Å²) in [4.78, 5) is 25.4. The highest BCUT2D eigenvalue weighted by Crippen LogP contribution is 2.11. The highest BCUT2D eigenvalue weighted by Gasteiger charge is 2.25. The maximum atomic E-state index is 12.8. The van der Waals surface area contributed by atoms with E-state index in [4.69, 9.17) is 14.2 Å². The lowest BCUT2D eigenvalue weighted by Gasteiger charge is -2.22. The zero-order chi connectivity index (χ0) is 23.9. The fourth-order valence-electron chi connectivity index (χ4n) is 2.92. The van der Waals surface area contributed by atoms with Crippen molar-refractivity contribution in [3.63, 3.8) is 0 Å². The number of methoxy groups -OCH3 is 1. The van der Waals surface area contributed by atoms with Crippen molar-refractivity contribution in [1.82, 2.24) is 16.0 Å². The summed E-state index contributed by atoms with van der Waals surface area (Å²) >= 11 is 1.55. The molecule has 9 heteroatoms. The van der Waals surface area contributed by atoms with E-state index in [1.807, 2.05) is 60.9 Å². The first-order valence-electron chi connectivity index (χ1n) is 10.6. The van der Waals surface area contributed by atoms with E-state index in [-0.39, 0.29) is 25.2 Å². The lowest BCUT2D eigenvalue weighted by molar-refractivity contribution is -0.132. The Labute approximate surface area is 199 Å². The molecule has 33 heavy (non-hydrogen) atoms. The SMILES string of the molecule is CNC(CSC)C(=O)NC(COCc1ccccc1)C(=O)NCOCc1ccc(OC)cc1. The van der Waals surface area contributed by atoms with E-state index in [0.717, 1.165) is 16.9 Å². The quantitative estimate of drug-likeness (QED) is 0.268. The van der Waals surface area contributed by atoms with Gasteiger partial charge in [0.1, 0.15) is 18.5 Å². The van der Waals surface area contributed by atoms with Crippen LogP contribution in [0.25, 0.3) is 0 Å². The highest BCUT2D eigenvalue weighted by atomic mass is 32.2. The number of carbonyl (C=O) groups excluding carboxylic acids is 2. The van der Waals surface area contributed by atoms with Crippen LogP contribution in [0.5, 0.6) is 5.75 Å². The summed E-state index contributed by atoms with van der Waals surface area (Å²) in [5.41, 5.74) is 1.94. The largest absolute Gasteiger partial charge is 0.497 e. The molecule has 0 heterocycles. The third-order valence-corrected chi connectivity index (χ3v) is 5.47. The van der Waals surface area contributed by atoms with Gasteiger partial charge in [0, 0.05) is 5.75 Å². The highest BCUT2D eigenvalue weighted by molar-refractivity contribution is 7.98. The third-order valence-electron chi connectivity index (χ3n) is 4.80. The fraction of sp³-hybridized carbons (Fsp3) is 0.417. The number of amides is 2. The molecule has 2 rings (SSSR count). The van der Waals surface area contributed by atoms with Crippen molar-refractivity contribution in [2.45, 2.75) is 25.3 Å². The van der Waals surface area contributed by atoms with Gasteiger partial charge in [-0.05, 0) is 36.6 Å². The first-order valence-corrected chi connectivity index (χ1v) is 12.0. The van der Waals surface area contributed by atoms with Crippen molar-refractivity contribution in [3.8, 4) is 5.75 Å². The Morgan fingerprint density at radius 2 is 1.58 bits per heavy atom. The van der Waals surface area contributed by atoms with Crippen LogP contribution in [0.3, 0.4) is 0 Å². The topological polar surface area (TPSA) is 97.9 Å². The van der Waals surface area contributed by atoms with Crippen molar-refractivity contribution in [2.24, 2.45) is 0 Å². The minimum Gasteiger partial charge on any atom is -0.497 e. The first kappa shape index (κ1) is 26.7. The molecule has 8 nitrogen and oxygen atoms in total. The summed E-state index contributed by atoms with van der Waals surface area (Å²) in [6.45, 7) is 0.729. The minimum absolute atomic E-state index is 0.0101. The van der Waals surface area contributed by atoms with Gasteiger partial charge in [-0.2, -0.15) is 11.8 Å². The molecular weight excluding hydrogens is 442 g/mol. The van der Waals surface area contributed by atoms with Gasteiger partial charge in [0.2, 0.25) is 11.8 Å². The number of rotatable bonds is 15. The Morgan fingerprint density at radius 1 is 0.909 bits per heavy atom. The van der Waals surface area contributed by atoms with Gasteiger partial charge in [-0.15, -0.1) is 0 Å². The van der Waals surface area contributed by atoms with Crippen LogP contribution in [0.15, 0.2) is 54.6 Å². The van der Waals surface area contributed by atoms with E-state index < -0.39 is 12.1 Å². The Kier molecular flexibility index (Phi) is 12.3. The van der Waals surface area contributed by atoms with Gasteiger partial charge in [-0.25, -0.2) is 0 Å². The van der Waals surface area contributed by atoms with E-state index in [9.17, 15) is 9.59 Å². The van der Waals surface area contributed by atoms with Gasteiger partial charge < -0.3 is 30.2 Å². The lowest BCUT2D eigenvalue weighted by atomic mass is 10.2. The summed E-state index contributed by atoms with van der Waals surface area (Å²) in [5, 5.41) is 8.47. The molecule has 0 radical (unpaired) electrons. The molecule has 2 aromatic rings. The van der Waals surface area contributed by atoms with E-state index in [1.54, 1.807) is 25.9 Å². The smallest absolute Gasteiger partial charge is 0.246 e. The molecule has 0 fully saturated rings. The number of hydrogen-bond acceptors (Lipinski definition) is 7. The molecule has 2 aromatic carbocycles. The average Bonchev–Trinajstić information content (AvgIpc) is 2.85. The Morgan fingerprint density at radius 3 is 2.21 bits per heavy atom. The van der Waals surface area contributed by atoms with E-state index in [0.29, 0.717) is 19.0 Å². The predicted octanol–water partition coefficient (Wildman–Crippen LogP) is 1.94. The molecule has 0 aliphatic carbocycles. The zero-order valence-electron chi connectivity index (χ0n) is 19.3. The molecule has 0 aliphatic heterocycles. The predicted molar refractivity (Wildman–Crippen MR) is 130 cm³/mol. The normalized spacial score (nSPS) is 12.6. The maximum absolute atomic E-state index is 12.8. The second-order valence-electron chi connectivity index (χ2n) is 7.24. The van der Waals surface area contributed by atoms with Crippen LogP contribution < -0.4 is 20.7 Å². The number of carbonyl (C=O) groups is 2. The van der Waals surface area contributed by atoms with Gasteiger partial charge in [0.15, 0.2) is 0 Å². The number of benzene rings is 2. The van der Waals surface area contributed by atoms with Crippen LogP contribution in [0.2, 0.25) is 0 Å². The van der Waals surface area contributed by atoms with E-state index in [2.05, 4.69) is 16.0 Å². The van der Waals surface area contributed by atoms with Crippen LogP contribution >= 0.6 is 11.8 Å². The Balaban J connectivity index is 1.87. The van der Waals surface area contributed by atoms with Gasteiger partial charge in [0.05, 0.1) is 33.0 Å². The van der Waals surface area contributed by atoms with Crippen LogP contribution in [0, 0.1) is 0 Å². The molecule has 0 aliphatic rings. The van der Waals surface area contributed by atoms with E-state index in [1.165, 1.54) is 0 Å². The Hall–Kier alpha value is -2.59. The average molecular weight is 476 g/mol.